The molecule has 25 nitrogen and oxygen atoms in total. The Balaban J connectivity index is 0.901. The normalized spacial score (nSPS) is 26.9. The quantitative estimate of drug-likeness (QED) is 0.0598. The van der Waals surface area contributed by atoms with Gasteiger partial charge in [0.05, 0.1) is 31.7 Å². The van der Waals surface area contributed by atoms with Crippen molar-refractivity contribution in [2.75, 3.05) is 24.7 Å². The zero-order valence-corrected chi connectivity index (χ0v) is 38.6. The van der Waals surface area contributed by atoms with E-state index in [0.29, 0.717) is 11.2 Å². The number of nitrogens with two attached hydrogens (primary N) is 1. The van der Waals surface area contributed by atoms with Crippen LogP contribution in [0.2, 0.25) is 0 Å². The fraction of sp³-hybridized carbons (Fsp3) is 0.425. The molecule has 68 heavy (non-hydrogen) atoms. The topological polar surface area (TPSA) is 339 Å². The molecule has 7 N–H and O–H groups in total. The van der Waals surface area contributed by atoms with E-state index in [0.717, 1.165) is 24.8 Å². The number of thioether (sulfide) groups is 1. The predicted octanol–water partition coefficient (Wildman–Crippen LogP) is 2.30. The van der Waals surface area contributed by atoms with E-state index in [2.05, 4.69) is 24.9 Å². The van der Waals surface area contributed by atoms with Gasteiger partial charge in [0.15, 0.2) is 11.5 Å². The van der Waals surface area contributed by atoms with Crippen LogP contribution in [0.1, 0.15) is 49.1 Å². The number of aliphatic hydroxyl groups excluding tert-OH is 1. The maximum absolute atomic E-state index is 13.9. The zero-order chi connectivity index (χ0) is 48.1. The molecule has 9 rings (SSSR count). The molecule has 0 radical (unpaired) electrons. The van der Waals surface area contributed by atoms with Crippen molar-refractivity contribution in [1.29, 1.82) is 0 Å². The molecule has 7 heterocycles. The van der Waals surface area contributed by atoms with E-state index in [-0.39, 0.29) is 42.0 Å². The number of aromatic nitrogens is 8. The van der Waals surface area contributed by atoms with E-state index < -0.39 is 107 Å². The molecule has 4 aromatic heterocycles. The molecular weight excluding hydrogens is 957 g/mol. The molecule has 6 aromatic rings. The van der Waals surface area contributed by atoms with Gasteiger partial charge >= 0.3 is 27.0 Å². The Bertz CT molecular complexity index is 3200. The number of ether oxygens (including phenoxy) is 3. The van der Waals surface area contributed by atoms with Crippen LogP contribution >= 0.6 is 27.4 Å². The Morgan fingerprint density at radius 1 is 0.750 bits per heavy atom. The molecule has 11 atom stereocenters. The number of phosphoric acid groups is 2. The third-order valence-corrected chi connectivity index (χ3v) is 14.8. The third-order valence-electron chi connectivity index (χ3n) is 11.7. The number of H-pyrrole nitrogens is 2. The number of fused-ring (bicyclic) bond motifs is 2. The minimum atomic E-state index is -5.11. The van der Waals surface area contributed by atoms with Gasteiger partial charge in [0.2, 0.25) is 0 Å². The molecule has 0 spiro atoms. The van der Waals surface area contributed by atoms with E-state index in [1.165, 1.54) is 50.7 Å². The maximum atomic E-state index is 13.9. The van der Waals surface area contributed by atoms with Crippen LogP contribution in [-0.2, 0) is 41.4 Å². The molecule has 3 aliphatic heterocycles. The number of aliphatic hydroxyl groups is 1. The summed E-state index contributed by atoms with van der Waals surface area (Å²) in [6, 6.07) is 13.8. The van der Waals surface area contributed by atoms with Crippen molar-refractivity contribution in [1.82, 2.24) is 38.6 Å². The summed E-state index contributed by atoms with van der Waals surface area (Å²) in [6.45, 7) is 1.41. The largest absolute Gasteiger partial charge is 0.472 e. The second-order valence-corrected chi connectivity index (χ2v) is 20.2. The molecule has 3 fully saturated rings. The van der Waals surface area contributed by atoms with Crippen molar-refractivity contribution in [2.24, 2.45) is 0 Å². The summed E-state index contributed by atoms with van der Waals surface area (Å²) >= 11 is 1.44. The second-order valence-electron chi connectivity index (χ2n) is 16.3. The van der Waals surface area contributed by atoms with Crippen LogP contribution in [0.5, 0.6) is 0 Å². The zero-order valence-electron chi connectivity index (χ0n) is 36.0. The number of hydrogen-bond acceptors (Lipinski definition) is 19. The van der Waals surface area contributed by atoms with Gasteiger partial charge in [-0.25, -0.2) is 33.7 Å². The van der Waals surface area contributed by atoms with Crippen molar-refractivity contribution < 1.29 is 56.3 Å². The van der Waals surface area contributed by atoms with Crippen molar-refractivity contribution in [3.05, 3.63) is 120 Å². The Morgan fingerprint density at radius 2 is 1.31 bits per heavy atom. The highest BCUT2D eigenvalue weighted by Crippen LogP contribution is 2.52. The van der Waals surface area contributed by atoms with Gasteiger partial charge in [-0.05, 0) is 36.8 Å². The van der Waals surface area contributed by atoms with Crippen molar-refractivity contribution in [3.8, 4) is 0 Å². The third kappa shape index (κ3) is 10.4. The Labute approximate surface area is 387 Å². The van der Waals surface area contributed by atoms with Gasteiger partial charge in [0, 0.05) is 53.4 Å². The number of nitrogen functional groups attached to an aromatic ring is 1. The smallest absolute Gasteiger partial charge is 0.390 e. The number of nitrogens with zero attached hydrogens (tertiary/aromatic N) is 6. The number of benzene rings is 2. The first-order valence-corrected chi connectivity index (χ1v) is 25.0. The molecule has 2 aromatic carbocycles. The highest BCUT2D eigenvalue weighted by molar-refractivity contribution is 7.99. The second kappa shape index (κ2) is 19.3. The number of aromatic amines is 2. The lowest BCUT2D eigenvalue weighted by molar-refractivity contribution is -0.0590. The van der Waals surface area contributed by atoms with Gasteiger partial charge in [-0.15, -0.1) is 11.8 Å². The van der Waals surface area contributed by atoms with Crippen LogP contribution in [0.25, 0.3) is 21.9 Å². The molecule has 362 valence electrons. The molecule has 3 aliphatic rings. The molecule has 3 saturated heterocycles. The van der Waals surface area contributed by atoms with Gasteiger partial charge in [-0.2, -0.15) is 0 Å². The number of phosphoric ester groups is 2. The van der Waals surface area contributed by atoms with Crippen LogP contribution in [0, 0.1) is 13.8 Å². The summed E-state index contributed by atoms with van der Waals surface area (Å²) in [5.41, 5.74) is 4.12. The molecular formula is C40H45N9O16P2S. The monoisotopic (exact) mass is 1000 g/mol. The van der Waals surface area contributed by atoms with Crippen LogP contribution in [-0.4, -0.2) is 109 Å². The highest BCUT2D eigenvalue weighted by Gasteiger charge is 2.46. The number of aryl methyl sites for hydroxylation is 2. The SMILES string of the molecule is Cc1cn([C@H]2C[C@H](OP(=O)(O)OC[C@H]3O[C@@H](n4cc(C)c(=O)[nH]c4=O)C[C@@H]3O)[C@@H](COP(=O)(O)O[C@H]3C[C@H](n4cnc5c(N)ncnc54)O[C@@H]3CSc3ccc4ccccc4c3)O2)c(=O)[nH]c1=O. The molecule has 28 heteroatoms. The number of rotatable bonds is 16. The summed E-state index contributed by atoms with van der Waals surface area (Å²) < 4.78 is 71.3. The molecule has 0 aliphatic carbocycles. The van der Waals surface area contributed by atoms with Gasteiger partial charge in [-0.3, -0.25) is 51.4 Å². The lowest BCUT2D eigenvalue weighted by Crippen LogP contribution is -2.33. The van der Waals surface area contributed by atoms with E-state index in [9.17, 15) is 43.2 Å². The minimum Gasteiger partial charge on any atom is -0.390 e. The Kier molecular flexibility index (Phi) is 13.6. The summed E-state index contributed by atoms with van der Waals surface area (Å²) in [5.74, 6) is 0.410. The summed E-state index contributed by atoms with van der Waals surface area (Å²) in [4.78, 5) is 89.4. The molecule has 0 amide bonds. The summed E-state index contributed by atoms with van der Waals surface area (Å²) in [6.07, 6.45) is -5.58. The highest BCUT2D eigenvalue weighted by atomic mass is 32.2. The number of nitrogens with one attached hydrogen (secondary N) is 2. The van der Waals surface area contributed by atoms with Crippen LogP contribution in [0.4, 0.5) is 5.82 Å². The summed E-state index contributed by atoms with van der Waals surface area (Å²) in [5, 5.41) is 12.8. The van der Waals surface area contributed by atoms with Gasteiger partial charge < -0.3 is 34.8 Å². The lowest BCUT2D eigenvalue weighted by Gasteiger charge is -2.24. The maximum Gasteiger partial charge on any atom is 0.472 e. The van der Waals surface area contributed by atoms with Crippen LogP contribution in [0.15, 0.2) is 91.6 Å². The first-order chi connectivity index (χ1) is 32.4. The van der Waals surface area contributed by atoms with E-state index in [1.54, 1.807) is 4.57 Å². The number of anilines is 1. The standard InChI is InChI=1S/C40H45N9O16P2S/c1-20-13-47(39(53)45-37(20)51)31-10-25(50)28(61-31)15-59-66(55,56)64-26-11-32(48-14-21(2)38(52)46-40(48)54)62-29(26)16-60-67(57,58)65-27-12-33(49-19-44-34-35(41)42-18-43-36(34)49)63-30(27)17-68-24-8-7-22-5-3-4-6-23(22)9-24/h3-9,13-14,18-19,25-33,50H,10-12,15-17H2,1-2H3,(H,55,56)(H,57,58)(H2,41,42,43)(H,45,51,53)(H,46,52,54)/t25-,26-,27-,28+,29+,30+,31+,32+,33+/m0/s1. The number of hydrogen-bond donors (Lipinski definition) is 6. The van der Waals surface area contributed by atoms with E-state index in [4.69, 9.17) is 38.0 Å². The predicted molar refractivity (Wildman–Crippen MR) is 239 cm³/mol. The molecule has 2 unspecified atom stereocenters. The summed E-state index contributed by atoms with van der Waals surface area (Å²) in [7, 11) is -10.2. The average Bonchev–Trinajstić information content (AvgIpc) is 4.09. The van der Waals surface area contributed by atoms with Crippen molar-refractivity contribution in [2.45, 2.75) is 93.3 Å². The van der Waals surface area contributed by atoms with Gasteiger partial charge in [-0.1, -0.05) is 30.3 Å². The minimum absolute atomic E-state index is 0.0286. The number of imidazole rings is 1. The van der Waals surface area contributed by atoms with Crippen molar-refractivity contribution in [3.63, 3.8) is 0 Å². The van der Waals surface area contributed by atoms with Gasteiger partial charge in [0.1, 0.15) is 54.9 Å². The Morgan fingerprint density at radius 3 is 1.97 bits per heavy atom. The molecule has 0 bridgehead atoms. The van der Waals surface area contributed by atoms with Gasteiger partial charge in [0.25, 0.3) is 11.1 Å². The van der Waals surface area contributed by atoms with Crippen LogP contribution in [0.3, 0.4) is 0 Å². The molecule has 0 saturated carbocycles. The van der Waals surface area contributed by atoms with E-state index in [1.807, 2.05) is 42.5 Å². The van der Waals surface area contributed by atoms with Crippen LogP contribution < -0.4 is 28.2 Å². The Hall–Kier alpha value is -5.18. The van der Waals surface area contributed by atoms with Crippen molar-refractivity contribution >= 4 is 55.2 Å². The van der Waals surface area contributed by atoms with E-state index >= 15 is 0 Å². The first-order valence-electron chi connectivity index (χ1n) is 21.0. The first kappa shape index (κ1) is 47.9. The average molecular weight is 1000 g/mol. The lowest BCUT2D eigenvalue weighted by atomic mass is 10.1. The fourth-order valence-corrected chi connectivity index (χ4v) is 11.1. The fourth-order valence-electron chi connectivity index (χ4n) is 8.15.